The van der Waals surface area contributed by atoms with Gasteiger partial charge >= 0.3 is 11.9 Å². The van der Waals surface area contributed by atoms with Crippen LogP contribution in [0.25, 0.3) is 10.9 Å². The molecule has 1 fully saturated rings. The monoisotopic (exact) mass is 439 g/mol. The summed E-state index contributed by atoms with van der Waals surface area (Å²) >= 11 is 0. The van der Waals surface area contributed by atoms with Gasteiger partial charge in [-0.2, -0.15) is 4.31 Å². The molecule has 0 aliphatic carbocycles. The topological polar surface area (TPSA) is 129 Å². The number of hydrogen-bond donors (Lipinski definition) is 2. The summed E-state index contributed by atoms with van der Waals surface area (Å²) in [6, 6.07) is 4.27. The Morgan fingerprint density at radius 1 is 1.17 bits per heavy atom. The molecule has 1 aromatic carbocycles. The van der Waals surface area contributed by atoms with Gasteiger partial charge in [0.2, 0.25) is 10.0 Å². The minimum absolute atomic E-state index is 0.0972. The third-order valence-corrected chi connectivity index (χ3v) is 6.62. The van der Waals surface area contributed by atoms with E-state index >= 15 is 0 Å². The second-order valence-corrected chi connectivity index (χ2v) is 9.23. The Labute approximate surface area is 174 Å². The van der Waals surface area contributed by atoms with Crippen LogP contribution >= 0.6 is 0 Å². The molecule has 30 heavy (non-hydrogen) atoms. The maximum atomic E-state index is 12.2. The van der Waals surface area contributed by atoms with E-state index in [0.717, 1.165) is 6.26 Å². The Hall–Kier alpha value is -2.63. The van der Waals surface area contributed by atoms with E-state index in [0.29, 0.717) is 22.2 Å². The van der Waals surface area contributed by atoms with Crippen LogP contribution in [-0.4, -0.2) is 83.9 Å². The molecule has 2 N–H and O–H groups in total. The van der Waals surface area contributed by atoms with Crippen molar-refractivity contribution < 1.29 is 33.0 Å². The fraction of sp³-hybridized carbons (Fsp3) is 0.474. The molecule has 1 aliphatic heterocycles. The number of piperazine rings is 1. The van der Waals surface area contributed by atoms with Gasteiger partial charge in [0.15, 0.2) is 0 Å². The number of carboxylic acids is 2. The van der Waals surface area contributed by atoms with Crippen molar-refractivity contribution in [3.8, 4) is 5.75 Å². The van der Waals surface area contributed by atoms with Gasteiger partial charge in [-0.3, -0.25) is 14.5 Å². The molecule has 0 spiro atoms. The molecule has 0 bridgehead atoms. The van der Waals surface area contributed by atoms with Crippen molar-refractivity contribution in [1.82, 2.24) is 13.8 Å². The lowest BCUT2D eigenvalue weighted by atomic mass is 10.0. The number of aliphatic carboxylic acids is 2. The normalized spacial score (nSPS) is 17.1. The third-order valence-electron chi connectivity index (χ3n) is 5.32. The highest BCUT2D eigenvalue weighted by molar-refractivity contribution is 7.88. The molecular weight excluding hydrogens is 414 g/mol. The van der Waals surface area contributed by atoms with E-state index in [4.69, 9.17) is 9.84 Å². The zero-order valence-corrected chi connectivity index (χ0v) is 17.6. The predicted octanol–water partition coefficient (Wildman–Crippen LogP) is 0.828. The Kier molecular flexibility index (Phi) is 6.34. The van der Waals surface area contributed by atoms with Gasteiger partial charge in [-0.25, -0.2) is 8.42 Å². The minimum Gasteiger partial charge on any atom is -0.497 e. The van der Waals surface area contributed by atoms with Crippen LogP contribution < -0.4 is 4.74 Å². The number of hydrogen-bond acceptors (Lipinski definition) is 6. The van der Waals surface area contributed by atoms with E-state index in [9.17, 15) is 23.1 Å². The molecule has 0 amide bonds. The number of fused-ring (bicyclic) bond motifs is 1. The van der Waals surface area contributed by atoms with Crippen LogP contribution in [0.4, 0.5) is 0 Å². The molecule has 2 heterocycles. The summed E-state index contributed by atoms with van der Waals surface area (Å²) in [5.41, 5.74) is 1.24. The predicted molar refractivity (Wildman–Crippen MR) is 109 cm³/mol. The van der Waals surface area contributed by atoms with Gasteiger partial charge in [0.25, 0.3) is 0 Å². The molecule has 11 heteroatoms. The van der Waals surface area contributed by atoms with Gasteiger partial charge in [-0.05, 0) is 18.2 Å². The molecule has 1 aromatic heterocycles. The average Bonchev–Trinajstić information content (AvgIpc) is 3.03. The van der Waals surface area contributed by atoms with Crippen molar-refractivity contribution in [2.24, 2.45) is 0 Å². The number of rotatable bonds is 8. The maximum absolute atomic E-state index is 12.2. The molecule has 10 nitrogen and oxygen atoms in total. The summed E-state index contributed by atoms with van der Waals surface area (Å²) in [6.45, 7) is 1.17. The van der Waals surface area contributed by atoms with E-state index in [-0.39, 0.29) is 39.1 Å². The first kappa shape index (κ1) is 22.1. The van der Waals surface area contributed by atoms with Crippen molar-refractivity contribution in [3.05, 3.63) is 30.0 Å². The first-order chi connectivity index (χ1) is 14.1. The third kappa shape index (κ3) is 4.58. The van der Waals surface area contributed by atoms with E-state index < -0.39 is 28.0 Å². The van der Waals surface area contributed by atoms with Gasteiger partial charge in [0, 0.05) is 55.4 Å². The van der Waals surface area contributed by atoms with Crippen LogP contribution in [-0.2, 0) is 26.2 Å². The fourth-order valence-corrected chi connectivity index (χ4v) is 4.66. The lowest BCUT2D eigenvalue weighted by Crippen LogP contribution is -2.50. The maximum Gasteiger partial charge on any atom is 0.325 e. The Balaban J connectivity index is 2.00. The average molecular weight is 439 g/mol. The lowest BCUT2D eigenvalue weighted by Gasteiger charge is -2.36. The van der Waals surface area contributed by atoms with E-state index in [1.165, 1.54) is 11.4 Å². The van der Waals surface area contributed by atoms with Crippen LogP contribution in [0.5, 0.6) is 5.75 Å². The van der Waals surface area contributed by atoms with Crippen LogP contribution in [0.15, 0.2) is 24.4 Å². The van der Waals surface area contributed by atoms with Crippen LogP contribution in [0, 0.1) is 0 Å². The van der Waals surface area contributed by atoms with Crippen molar-refractivity contribution in [1.29, 1.82) is 0 Å². The highest BCUT2D eigenvalue weighted by Crippen LogP contribution is 2.34. The molecule has 1 unspecified atom stereocenters. The lowest BCUT2D eigenvalue weighted by molar-refractivity contribution is -0.144. The molecule has 1 atom stereocenters. The number of carboxylic acid groups (broad SMARTS) is 2. The van der Waals surface area contributed by atoms with E-state index in [1.807, 2.05) is 0 Å². The molecule has 164 valence electrons. The summed E-state index contributed by atoms with van der Waals surface area (Å²) in [4.78, 5) is 25.0. The summed E-state index contributed by atoms with van der Waals surface area (Å²) in [5, 5.41) is 19.7. The zero-order valence-electron chi connectivity index (χ0n) is 16.8. The second-order valence-electron chi connectivity index (χ2n) is 7.24. The number of nitrogens with zero attached hydrogens (tertiary/aromatic N) is 3. The van der Waals surface area contributed by atoms with Gasteiger partial charge in [-0.15, -0.1) is 0 Å². The van der Waals surface area contributed by atoms with Crippen LogP contribution in [0.1, 0.15) is 18.0 Å². The highest BCUT2D eigenvalue weighted by atomic mass is 32.2. The number of aromatic nitrogens is 1. The molecular formula is C19H25N3O7S. The smallest absolute Gasteiger partial charge is 0.325 e. The van der Waals surface area contributed by atoms with Crippen LogP contribution in [0.3, 0.4) is 0 Å². The largest absolute Gasteiger partial charge is 0.497 e. The summed E-state index contributed by atoms with van der Waals surface area (Å²) in [5.74, 6) is -1.44. The molecule has 0 saturated carbocycles. The van der Waals surface area contributed by atoms with Crippen molar-refractivity contribution in [3.63, 3.8) is 0 Å². The summed E-state index contributed by atoms with van der Waals surface area (Å²) in [7, 11) is -1.82. The Morgan fingerprint density at radius 2 is 1.83 bits per heavy atom. The van der Waals surface area contributed by atoms with Crippen molar-refractivity contribution >= 4 is 32.9 Å². The number of benzene rings is 1. The Bertz CT molecular complexity index is 1060. The number of aryl methyl sites for hydroxylation is 1. The van der Waals surface area contributed by atoms with E-state index in [2.05, 4.69) is 0 Å². The molecule has 1 aliphatic rings. The first-order valence-corrected chi connectivity index (χ1v) is 11.3. The van der Waals surface area contributed by atoms with Crippen molar-refractivity contribution in [2.45, 2.75) is 19.0 Å². The molecule has 3 rings (SSSR count). The summed E-state index contributed by atoms with van der Waals surface area (Å²) in [6.07, 6.45) is 2.72. The highest BCUT2D eigenvalue weighted by Gasteiger charge is 2.34. The molecule has 2 aromatic rings. The molecule has 1 saturated heterocycles. The van der Waals surface area contributed by atoms with E-state index in [1.54, 1.807) is 33.9 Å². The van der Waals surface area contributed by atoms with Gasteiger partial charge in [0.05, 0.1) is 19.8 Å². The van der Waals surface area contributed by atoms with Gasteiger partial charge in [0.1, 0.15) is 11.8 Å². The zero-order chi connectivity index (χ0) is 22.1. The number of methoxy groups -OCH3 is 1. The minimum atomic E-state index is -3.33. The first-order valence-electron chi connectivity index (χ1n) is 9.42. The SMILES string of the molecule is COc1ccc2c(c1)c(C(C(=O)O)N1CCN(S(C)(=O)=O)CC1)cn2CCC(=O)O. The quantitative estimate of drug-likeness (QED) is 0.619. The van der Waals surface area contributed by atoms with Crippen molar-refractivity contribution in [2.75, 3.05) is 39.5 Å². The molecule has 0 radical (unpaired) electrons. The standard InChI is InChI=1S/C19H25N3O7S/c1-29-13-3-4-16-14(11-13)15(12-21(16)6-5-17(23)24)18(19(25)26)20-7-9-22(10-8-20)30(2,27)28/h3-4,11-12,18H,5-10H2,1-2H3,(H,23,24)(H,25,26). The number of carbonyl (C=O) groups is 2. The second kappa shape index (κ2) is 8.62. The van der Waals surface area contributed by atoms with Crippen LogP contribution in [0.2, 0.25) is 0 Å². The number of ether oxygens (including phenoxy) is 1. The number of sulfonamides is 1. The summed E-state index contributed by atoms with van der Waals surface area (Å²) < 4.78 is 31.9. The Morgan fingerprint density at radius 3 is 2.37 bits per heavy atom. The van der Waals surface area contributed by atoms with Gasteiger partial charge < -0.3 is 19.5 Å². The fourth-order valence-electron chi connectivity index (χ4n) is 3.83. The van der Waals surface area contributed by atoms with Gasteiger partial charge in [-0.1, -0.05) is 0 Å².